The van der Waals surface area contributed by atoms with E-state index in [9.17, 15) is 4.79 Å². The van der Waals surface area contributed by atoms with Crippen LogP contribution in [-0.4, -0.2) is 19.7 Å². The number of ether oxygens (including phenoxy) is 2. The molecule has 0 saturated carbocycles. The van der Waals surface area contributed by atoms with Gasteiger partial charge in [0.05, 0.1) is 19.6 Å². The van der Waals surface area contributed by atoms with Crippen LogP contribution in [0.3, 0.4) is 0 Å². The van der Waals surface area contributed by atoms with Crippen LogP contribution < -0.4 is 4.74 Å². The van der Waals surface area contributed by atoms with Crippen LogP contribution in [0.4, 0.5) is 0 Å². The monoisotopic (exact) mass is 220 g/mol. The molecule has 0 amide bonds. The van der Waals surface area contributed by atoms with Gasteiger partial charge in [-0.3, -0.25) is 4.79 Å². The van der Waals surface area contributed by atoms with Crippen molar-refractivity contribution in [2.75, 3.05) is 13.7 Å². The summed E-state index contributed by atoms with van der Waals surface area (Å²) in [5.41, 5.74) is 1.01. The third-order valence-electron chi connectivity index (χ3n) is 3.12. The fourth-order valence-corrected chi connectivity index (χ4v) is 2.11. The summed E-state index contributed by atoms with van der Waals surface area (Å²) in [6.45, 7) is 2.64. The number of carbonyl (C=O) groups excluding carboxylic acids is 1. The molecular formula is C13H16O3. The highest BCUT2D eigenvalue weighted by Gasteiger charge is 2.31. The third-order valence-corrected chi connectivity index (χ3v) is 3.12. The highest BCUT2D eigenvalue weighted by atomic mass is 16.5. The zero-order valence-electron chi connectivity index (χ0n) is 9.60. The molecule has 0 bridgehead atoms. The highest BCUT2D eigenvalue weighted by Crippen LogP contribution is 2.32. The van der Waals surface area contributed by atoms with E-state index in [-0.39, 0.29) is 11.9 Å². The van der Waals surface area contributed by atoms with Gasteiger partial charge >= 0.3 is 5.97 Å². The topological polar surface area (TPSA) is 35.5 Å². The molecule has 0 N–H and O–H groups in total. The van der Waals surface area contributed by atoms with Crippen molar-refractivity contribution in [3.05, 3.63) is 29.8 Å². The molecule has 0 radical (unpaired) electrons. The van der Waals surface area contributed by atoms with Crippen molar-refractivity contribution in [3.63, 3.8) is 0 Å². The van der Waals surface area contributed by atoms with E-state index < -0.39 is 0 Å². The minimum Gasteiger partial charge on any atom is -0.497 e. The predicted molar refractivity (Wildman–Crippen MR) is 60.5 cm³/mol. The van der Waals surface area contributed by atoms with Gasteiger partial charge in [-0.15, -0.1) is 0 Å². The second-order valence-electron chi connectivity index (χ2n) is 4.18. The van der Waals surface area contributed by atoms with Crippen molar-refractivity contribution in [1.29, 1.82) is 0 Å². The average Bonchev–Trinajstić information content (AvgIpc) is 2.30. The first-order valence-electron chi connectivity index (χ1n) is 5.53. The summed E-state index contributed by atoms with van der Waals surface area (Å²) in [4.78, 5) is 11.7. The van der Waals surface area contributed by atoms with Crippen LogP contribution in [0.15, 0.2) is 24.3 Å². The van der Waals surface area contributed by atoms with Crippen LogP contribution in [0.5, 0.6) is 5.75 Å². The molecule has 0 aliphatic carbocycles. The second kappa shape index (κ2) is 4.56. The summed E-state index contributed by atoms with van der Waals surface area (Å²) in [5.74, 6) is 0.916. The molecule has 2 rings (SSSR count). The number of carbonyl (C=O) groups is 1. The van der Waals surface area contributed by atoms with Crippen LogP contribution in [0.1, 0.15) is 24.8 Å². The SMILES string of the molecule is COc1ccc([C@@H]2C(=O)OCC[C@H]2C)cc1. The number of rotatable bonds is 2. The van der Waals surface area contributed by atoms with E-state index in [1.54, 1.807) is 7.11 Å². The first-order chi connectivity index (χ1) is 7.72. The van der Waals surface area contributed by atoms with Gasteiger partial charge in [-0.25, -0.2) is 0 Å². The van der Waals surface area contributed by atoms with Crippen LogP contribution in [-0.2, 0) is 9.53 Å². The third kappa shape index (κ3) is 2.03. The molecule has 1 heterocycles. The molecule has 3 heteroatoms. The molecule has 86 valence electrons. The van der Waals surface area contributed by atoms with Gasteiger partial charge in [0.15, 0.2) is 0 Å². The van der Waals surface area contributed by atoms with Crippen molar-refractivity contribution in [2.24, 2.45) is 5.92 Å². The van der Waals surface area contributed by atoms with Crippen molar-refractivity contribution < 1.29 is 14.3 Å². The van der Waals surface area contributed by atoms with Gasteiger partial charge in [0, 0.05) is 0 Å². The summed E-state index contributed by atoms with van der Waals surface area (Å²) < 4.78 is 10.2. The fraction of sp³-hybridized carbons (Fsp3) is 0.462. The number of hydrogen-bond donors (Lipinski definition) is 0. The Balaban J connectivity index is 2.23. The largest absolute Gasteiger partial charge is 0.497 e. The van der Waals surface area contributed by atoms with Gasteiger partial charge in [-0.2, -0.15) is 0 Å². The predicted octanol–water partition coefficient (Wildman–Crippen LogP) is 2.36. The van der Waals surface area contributed by atoms with Gasteiger partial charge in [0.2, 0.25) is 0 Å². The summed E-state index contributed by atoms with van der Waals surface area (Å²) in [6, 6.07) is 7.63. The fourth-order valence-electron chi connectivity index (χ4n) is 2.11. The van der Waals surface area contributed by atoms with E-state index >= 15 is 0 Å². The first kappa shape index (κ1) is 11.0. The lowest BCUT2D eigenvalue weighted by Crippen LogP contribution is -2.29. The van der Waals surface area contributed by atoms with Crippen molar-refractivity contribution >= 4 is 5.97 Å². The van der Waals surface area contributed by atoms with E-state index in [4.69, 9.17) is 9.47 Å². The van der Waals surface area contributed by atoms with Crippen molar-refractivity contribution in [3.8, 4) is 5.75 Å². The van der Waals surface area contributed by atoms with Gasteiger partial charge in [-0.05, 0) is 30.0 Å². The van der Waals surface area contributed by atoms with Crippen LogP contribution in [0, 0.1) is 5.92 Å². The Hall–Kier alpha value is -1.51. The number of esters is 1. The highest BCUT2D eigenvalue weighted by molar-refractivity contribution is 5.79. The van der Waals surface area contributed by atoms with Crippen LogP contribution >= 0.6 is 0 Å². The molecular weight excluding hydrogens is 204 g/mol. The molecule has 0 unspecified atom stereocenters. The Bertz CT molecular complexity index is 369. The molecule has 16 heavy (non-hydrogen) atoms. The van der Waals surface area contributed by atoms with E-state index in [1.807, 2.05) is 24.3 Å². The van der Waals surface area contributed by atoms with Crippen molar-refractivity contribution in [2.45, 2.75) is 19.3 Å². The number of methoxy groups -OCH3 is 1. The molecule has 3 nitrogen and oxygen atoms in total. The zero-order valence-corrected chi connectivity index (χ0v) is 9.60. The van der Waals surface area contributed by atoms with Gasteiger partial charge in [-0.1, -0.05) is 19.1 Å². The Morgan fingerprint density at radius 1 is 1.31 bits per heavy atom. The quantitative estimate of drug-likeness (QED) is 0.718. The minimum absolute atomic E-state index is 0.107. The normalized spacial score (nSPS) is 25.0. The molecule has 1 aromatic rings. The van der Waals surface area contributed by atoms with Gasteiger partial charge < -0.3 is 9.47 Å². The standard InChI is InChI=1S/C13H16O3/c1-9-7-8-16-13(14)12(9)10-3-5-11(15-2)6-4-10/h3-6,9,12H,7-8H2,1-2H3/t9-,12-/m1/s1. The van der Waals surface area contributed by atoms with Crippen LogP contribution in [0.2, 0.25) is 0 Å². The van der Waals surface area contributed by atoms with Gasteiger partial charge in [0.25, 0.3) is 0 Å². The first-order valence-corrected chi connectivity index (χ1v) is 5.53. The van der Waals surface area contributed by atoms with E-state index in [0.717, 1.165) is 17.7 Å². The summed E-state index contributed by atoms with van der Waals surface area (Å²) in [6.07, 6.45) is 0.933. The second-order valence-corrected chi connectivity index (χ2v) is 4.18. The lowest BCUT2D eigenvalue weighted by atomic mass is 9.84. The maximum Gasteiger partial charge on any atom is 0.313 e. The Morgan fingerprint density at radius 2 is 2.00 bits per heavy atom. The average molecular weight is 220 g/mol. The molecule has 1 saturated heterocycles. The maximum atomic E-state index is 11.7. The van der Waals surface area contributed by atoms with E-state index in [2.05, 4.69) is 6.92 Å². The lowest BCUT2D eigenvalue weighted by Gasteiger charge is -2.27. The number of hydrogen-bond acceptors (Lipinski definition) is 3. The molecule has 0 spiro atoms. The Labute approximate surface area is 95.4 Å². The molecule has 1 aromatic carbocycles. The van der Waals surface area contributed by atoms with Crippen LogP contribution in [0.25, 0.3) is 0 Å². The van der Waals surface area contributed by atoms with E-state index in [1.165, 1.54) is 0 Å². The maximum absolute atomic E-state index is 11.7. The van der Waals surface area contributed by atoms with Crippen molar-refractivity contribution in [1.82, 2.24) is 0 Å². The smallest absolute Gasteiger partial charge is 0.313 e. The molecule has 1 fully saturated rings. The Morgan fingerprint density at radius 3 is 2.56 bits per heavy atom. The lowest BCUT2D eigenvalue weighted by molar-refractivity contribution is -0.151. The van der Waals surface area contributed by atoms with E-state index in [0.29, 0.717) is 12.5 Å². The molecule has 0 aromatic heterocycles. The minimum atomic E-state index is -0.125. The summed E-state index contributed by atoms with van der Waals surface area (Å²) in [7, 11) is 1.63. The number of benzene rings is 1. The van der Waals surface area contributed by atoms with Gasteiger partial charge in [0.1, 0.15) is 5.75 Å². The molecule has 2 atom stereocenters. The summed E-state index contributed by atoms with van der Waals surface area (Å²) in [5, 5.41) is 0. The Kier molecular flexibility index (Phi) is 3.13. The summed E-state index contributed by atoms with van der Waals surface area (Å²) >= 11 is 0. The molecule has 1 aliphatic heterocycles. The molecule has 1 aliphatic rings. The zero-order chi connectivity index (χ0) is 11.5. The number of cyclic esters (lactones) is 1.